The van der Waals surface area contributed by atoms with Gasteiger partial charge in [0.2, 0.25) is 5.88 Å². The SMILES string of the molecule is [C]1=CNc2cccnc2O1. The predicted octanol–water partition coefficient (Wildman–Crippen LogP) is 1.16. The van der Waals surface area contributed by atoms with Gasteiger partial charge in [-0.05, 0) is 12.1 Å². The Morgan fingerprint density at radius 2 is 2.60 bits per heavy atom. The first-order valence-electron chi connectivity index (χ1n) is 2.92. The number of hydrogen-bond acceptors (Lipinski definition) is 3. The van der Waals surface area contributed by atoms with Crippen LogP contribution in [0.3, 0.4) is 0 Å². The van der Waals surface area contributed by atoms with Gasteiger partial charge in [0.15, 0.2) is 6.26 Å². The summed E-state index contributed by atoms with van der Waals surface area (Å²) in [5, 5.41) is 2.94. The number of ether oxygens (including phenoxy) is 1. The van der Waals surface area contributed by atoms with Crippen molar-refractivity contribution >= 4 is 5.69 Å². The summed E-state index contributed by atoms with van der Waals surface area (Å²) >= 11 is 0. The zero-order chi connectivity index (χ0) is 6.81. The van der Waals surface area contributed by atoms with Crippen molar-refractivity contribution in [1.29, 1.82) is 0 Å². The van der Waals surface area contributed by atoms with Gasteiger partial charge in [0.05, 0.1) is 0 Å². The number of nitrogens with one attached hydrogen (secondary N) is 1. The van der Waals surface area contributed by atoms with E-state index in [2.05, 4.69) is 16.6 Å². The normalized spacial score (nSPS) is 13.2. The van der Waals surface area contributed by atoms with Gasteiger partial charge >= 0.3 is 0 Å². The number of anilines is 1. The first kappa shape index (κ1) is 5.29. The van der Waals surface area contributed by atoms with Gasteiger partial charge in [-0.2, -0.15) is 0 Å². The van der Waals surface area contributed by atoms with Crippen molar-refractivity contribution in [2.45, 2.75) is 0 Å². The number of nitrogens with zero attached hydrogens (tertiary/aromatic N) is 1. The molecule has 1 aliphatic rings. The molecule has 3 nitrogen and oxygen atoms in total. The molecule has 1 aromatic heterocycles. The van der Waals surface area contributed by atoms with Crippen LogP contribution in [0.15, 0.2) is 24.5 Å². The highest BCUT2D eigenvalue weighted by atomic mass is 16.5. The molecule has 0 amide bonds. The molecule has 0 fully saturated rings. The first-order valence-corrected chi connectivity index (χ1v) is 2.92. The lowest BCUT2D eigenvalue weighted by molar-refractivity contribution is 0.430. The highest BCUT2D eigenvalue weighted by Gasteiger charge is 2.04. The van der Waals surface area contributed by atoms with E-state index < -0.39 is 0 Å². The molecular weight excluding hydrogens is 128 g/mol. The Morgan fingerprint density at radius 3 is 3.50 bits per heavy atom. The fourth-order valence-electron chi connectivity index (χ4n) is 0.774. The van der Waals surface area contributed by atoms with Crippen molar-refractivity contribution in [3.05, 3.63) is 30.8 Å². The topological polar surface area (TPSA) is 34.2 Å². The maximum absolute atomic E-state index is 4.94. The monoisotopic (exact) mass is 133 g/mol. The molecule has 0 atom stereocenters. The van der Waals surface area contributed by atoms with Crippen molar-refractivity contribution < 1.29 is 4.74 Å². The Bertz CT molecular complexity index is 243. The molecule has 0 saturated heterocycles. The average molecular weight is 133 g/mol. The van der Waals surface area contributed by atoms with E-state index in [1.807, 2.05) is 12.1 Å². The minimum absolute atomic E-state index is 0.574. The minimum Gasteiger partial charge on any atom is -0.431 e. The van der Waals surface area contributed by atoms with Gasteiger partial charge in [0, 0.05) is 12.4 Å². The Morgan fingerprint density at radius 1 is 1.60 bits per heavy atom. The van der Waals surface area contributed by atoms with Gasteiger partial charge in [-0.3, -0.25) is 0 Å². The van der Waals surface area contributed by atoms with E-state index in [1.165, 1.54) is 0 Å². The Kier molecular flexibility index (Phi) is 1.07. The van der Waals surface area contributed by atoms with Crippen LogP contribution in [0.5, 0.6) is 5.88 Å². The zero-order valence-electron chi connectivity index (χ0n) is 5.16. The summed E-state index contributed by atoms with van der Waals surface area (Å²) in [6.45, 7) is 0. The Labute approximate surface area is 58.3 Å². The van der Waals surface area contributed by atoms with Gasteiger partial charge in [-0.25, -0.2) is 4.98 Å². The van der Waals surface area contributed by atoms with Gasteiger partial charge < -0.3 is 10.1 Å². The molecule has 1 aliphatic heterocycles. The highest BCUT2D eigenvalue weighted by molar-refractivity contribution is 5.55. The zero-order valence-corrected chi connectivity index (χ0v) is 5.16. The second-order valence-electron chi connectivity index (χ2n) is 1.86. The van der Waals surface area contributed by atoms with Crippen LogP contribution >= 0.6 is 0 Å². The molecule has 10 heavy (non-hydrogen) atoms. The predicted molar refractivity (Wildman–Crippen MR) is 36.3 cm³/mol. The maximum Gasteiger partial charge on any atom is 0.243 e. The van der Waals surface area contributed by atoms with Gasteiger partial charge in [-0.15, -0.1) is 0 Å². The summed E-state index contributed by atoms with van der Waals surface area (Å²) in [5.41, 5.74) is 0.876. The summed E-state index contributed by atoms with van der Waals surface area (Å²) in [6, 6.07) is 3.73. The second kappa shape index (κ2) is 2.02. The van der Waals surface area contributed by atoms with Crippen molar-refractivity contribution in [3.63, 3.8) is 0 Å². The van der Waals surface area contributed by atoms with Crippen molar-refractivity contribution in [2.75, 3.05) is 5.32 Å². The van der Waals surface area contributed by atoms with Gasteiger partial charge in [-0.1, -0.05) is 0 Å². The smallest absolute Gasteiger partial charge is 0.243 e. The lowest BCUT2D eigenvalue weighted by Crippen LogP contribution is -2.00. The quantitative estimate of drug-likeness (QED) is 0.576. The van der Waals surface area contributed by atoms with E-state index >= 15 is 0 Å². The van der Waals surface area contributed by atoms with Crippen molar-refractivity contribution in [3.8, 4) is 5.88 Å². The third kappa shape index (κ3) is 0.719. The number of pyridine rings is 1. The van der Waals surface area contributed by atoms with Crippen LogP contribution < -0.4 is 10.1 Å². The third-order valence-electron chi connectivity index (χ3n) is 1.21. The summed E-state index contributed by atoms with van der Waals surface area (Å²) in [6.07, 6.45) is 5.82. The fraction of sp³-hybridized carbons (Fsp3) is 0. The molecule has 0 unspecified atom stereocenters. The Balaban J connectivity index is 2.47. The van der Waals surface area contributed by atoms with E-state index in [1.54, 1.807) is 12.4 Å². The van der Waals surface area contributed by atoms with E-state index in [-0.39, 0.29) is 0 Å². The minimum atomic E-state index is 0.574. The molecule has 0 aliphatic carbocycles. The lowest BCUT2D eigenvalue weighted by Gasteiger charge is -2.09. The maximum atomic E-state index is 4.94. The van der Waals surface area contributed by atoms with E-state index in [0.717, 1.165) is 5.69 Å². The van der Waals surface area contributed by atoms with Crippen LogP contribution in [0.25, 0.3) is 0 Å². The summed E-state index contributed by atoms with van der Waals surface area (Å²) in [7, 11) is 0. The molecule has 1 aromatic rings. The Hall–Kier alpha value is -1.51. The van der Waals surface area contributed by atoms with Crippen molar-refractivity contribution in [1.82, 2.24) is 4.98 Å². The average Bonchev–Trinajstić information content (AvgIpc) is 2.05. The molecule has 0 saturated carbocycles. The molecule has 1 N–H and O–H groups in total. The number of fused-ring (bicyclic) bond motifs is 1. The van der Waals surface area contributed by atoms with Crippen LogP contribution in [0.2, 0.25) is 0 Å². The molecule has 2 rings (SSSR count). The van der Waals surface area contributed by atoms with E-state index in [9.17, 15) is 0 Å². The standard InChI is InChI=1S/C7H5N2O/c1-2-6-7(9-3-1)10-5-4-8-6/h1-4,8H. The van der Waals surface area contributed by atoms with E-state index in [0.29, 0.717) is 5.88 Å². The fourth-order valence-corrected chi connectivity index (χ4v) is 0.774. The summed E-state index contributed by atoms with van der Waals surface area (Å²) in [4.78, 5) is 3.95. The van der Waals surface area contributed by atoms with Gasteiger partial charge in [0.1, 0.15) is 5.69 Å². The number of hydrogen-bond donors (Lipinski definition) is 1. The number of rotatable bonds is 0. The van der Waals surface area contributed by atoms with Crippen molar-refractivity contribution in [2.24, 2.45) is 0 Å². The van der Waals surface area contributed by atoms with Crippen LogP contribution in [0, 0.1) is 6.26 Å². The molecule has 0 bridgehead atoms. The molecule has 1 radical (unpaired) electrons. The van der Waals surface area contributed by atoms with E-state index in [4.69, 9.17) is 4.74 Å². The van der Waals surface area contributed by atoms with Gasteiger partial charge in [0.25, 0.3) is 0 Å². The largest absolute Gasteiger partial charge is 0.431 e. The number of aromatic nitrogens is 1. The van der Waals surface area contributed by atoms with Crippen LogP contribution in [0.1, 0.15) is 0 Å². The van der Waals surface area contributed by atoms with Crippen LogP contribution in [0.4, 0.5) is 5.69 Å². The van der Waals surface area contributed by atoms with Crippen LogP contribution in [-0.2, 0) is 0 Å². The lowest BCUT2D eigenvalue weighted by atomic mass is 10.4. The second-order valence-corrected chi connectivity index (χ2v) is 1.86. The molecule has 2 heterocycles. The highest BCUT2D eigenvalue weighted by Crippen LogP contribution is 2.22. The summed E-state index contributed by atoms with van der Waals surface area (Å²) < 4.78 is 4.94. The molecular formula is C7H5N2O. The first-order chi connectivity index (χ1) is 4.97. The molecule has 0 spiro atoms. The molecule has 3 heteroatoms. The third-order valence-corrected chi connectivity index (χ3v) is 1.21. The van der Waals surface area contributed by atoms with Crippen LogP contribution in [-0.4, -0.2) is 4.98 Å². The molecule has 0 aromatic carbocycles. The molecule has 49 valence electrons. The summed E-state index contributed by atoms with van der Waals surface area (Å²) in [5.74, 6) is 0.574.